The second kappa shape index (κ2) is 9.42. The topological polar surface area (TPSA) is 32.8 Å². The van der Waals surface area contributed by atoms with Crippen LogP contribution in [0, 0.1) is 0 Å². The molecule has 0 aromatic heterocycles. The fourth-order valence-electron chi connectivity index (χ4n) is 4.39. The number of rotatable bonds is 6. The van der Waals surface area contributed by atoms with Crippen LogP contribution in [0.15, 0.2) is 36.4 Å². The molecule has 0 spiro atoms. The Morgan fingerprint density at radius 2 is 1.50 bits per heavy atom. The molecule has 4 heteroatoms. The van der Waals surface area contributed by atoms with Gasteiger partial charge in [0.05, 0.1) is 6.61 Å². The van der Waals surface area contributed by atoms with E-state index in [9.17, 15) is 4.79 Å². The van der Waals surface area contributed by atoms with Gasteiger partial charge in [0.25, 0.3) is 5.91 Å². The molecule has 2 aliphatic rings. The summed E-state index contributed by atoms with van der Waals surface area (Å²) in [5.41, 5.74) is 0.796. The average Bonchev–Trinajstić information content (AvgIpc) is 2.77. The minimum absolute atomic E-state index is 0.166. The third-order valence-corrected chi connectivity index (χ3v) is 6.04. The lowest BCUT2D eigenvalue weighted by molar-refractivity contribution is 0.0724. The molecule has 28 heavy (non-hydrogen) atoms. The molecule has 0 atom stereocenters. The first-order chi connectivity index (χ1) is 13.8. The van der Waals surface area contributed by atoms with Crippen molar-refractivity contribution in [3.05, 3.63) is 42.0 Å². The van der Waals surface area contributed by atoms with Gasteiger partial charge in [-0.1, -0.05) is 18.6 Å². The molecule has 150 valence electrons. The third-order valence-electron chi connectivity index (χ3n) is 6.04. The minimum Gasteiger partial charge on any atom is -0.494 e. The average molecular weight is 381 g/mol. The fraction of sp³-hybridized carbons (Fsp3) is 0.542. The van der Waals surface area contributed by atoms with E-state index in [-0.39, 0.29) is 5.91 Å². The van der Waals surface area contributed by atoms with Crippen molar-refractivity contribution in [3.8, 4) is 5.75 Å². The second-order valence-electron chi connectivity index (χ2n) is 8.18. The lowest BCUT2D eigenvalue weighted by atomic mass is 10.0. The molecule has 1 amide bonds. The van der Waals surface area contributed by atoms with E-state index in [0.717, 1.165) is 67.6 Å². The Labute approximate surface area is 168 Å². The zero-order valence-electron chi connectivity index (χ0n) is 16.9. The second-order valence-corrected chi connectivity index (χ2v) is 8.18. The molecule has 2 fully saturated rings. The van der Waals surface area contributed by atoms with Crippen molar-refractivity contribution in [1.82, 2.24) is 9.80 Å². The molecule has 0 radical (unpaired) electrons. The van der Waals surface area contributed by atoms with Crippen LogP contribution in [-0.4, -0.2) is 55.0 Å². The van der Waals surface area contributed by atoms with E-state index in [1.165, 1.54) is 38.8 Å². The number of hydrogen-bond acceptors (Lipinski definition) is 3. The summed E-state index contributed by atoms with van der Waals surface area (Å²) in [6.45, 7) is 6.16. The Bertz CT molecular complexity index is 792. The SMILES string of the molecule is O=C(c1ccc2cc(OCCCN3CCCCC3)ccc2c1)N1CCCCC1. The van der Waals surface area contributed by atoms with Crippen LogP contribution < -0.4 is 4.74 Å². The molecule has 4 rings (SSSR count). The van der Waals surface area contributed by atoms with Crippen molar-refractivity contribution in [3.63, 3.8) is 0 Å². The first-order valence-electron chi connectivity index (χ1n) is 11.0. The van der Waals surface area contributed by atoms with Crippen LogP contribution in [0.2, 0.25) is 0 Å². The molecule has 0 unspecified atom stereocenters. The van der Waals surface area contributed by atoms with Crippen molar-refractivity contribution in [2.75, 3.05) is 39.3 Å². The normalized spacial score (nSPS) is 18.4. The van der Waals surface area contributed by atoms with Gasteiger partial charge in [0.15, 0.2) is 0 Å². The number of hydrogen-bond donors (Lipinski definition) is 0. The molecule has 2 heterocycles. The Hall–Kier alpha value is -2.07. The fourth-order valence-corrected chi connectivity index (χ4v) is 4.39. The largest absolute Gasteiger partial charge is 0.494 e. The smallest absolute Gasteiger partial charge is 0.253 e. The van der Waals surface area contributed by atoms with E-state index < -0.39 is 0 Å². The maximum atomic E-state index is 12.7. The zero-order valence-corrected chi connectivity index (χ0v) is 16.9. The molecular formula is C24H32N2O2. The number of ether oxygens (including phenoxy) is 1. The van der Waals surface area contributed by atoms with Gasteiger partial charge in [-0.15, -0.1) is 0 Å². The highest BCUT2D eigenvalue weighted by atomic mass is 16.5. The Balaban J connectivity index is 1.33. The molecule has 2 aromatic rings. The van der Waals surface area contributed by atoms with Crippen molar-refractivity contribution in [2.45, 2.75) is 44.9 Å². The minimum atomic E-state index is 0.166. The van der Waals surface area contributed by atoms with E-state index in [1.54, 1.807) is 0 Å². The number of carbonyl (C=O) groups is 1. The van der Waals surface area contributed by atoms with Gasteiger partial charge in [-0.05, 0) is 86.7 Å². The molecule has 2 aromatic carbocycles. The molecule has 0 N–H and O–H groups in total. The predicted octanol–water partition coefficient (Wildman–Crippen LogP) is 4.72. The monoisotopic (exact) mass is 380 g/mol. The van der Waals surface area contributed by atoms with Crippen LogP contribution in [0.5, 0.6) is 5.75 Å². The Morgan fingerprint density at radius 3 is 2.29 bits per heavy atom. The van der Waals surface area contributed by atoms with Gasteiger partial charge in [0.1, 0.15) is 5.75 Å². The number of carbonyl (C=O) groups excluding carboxylic acids is 1. The van der Waals surface area contributed by atoms with Crippen molar-refractivity contribution >= 4 is 16.7 Å². The number of piperidine rings is 2. The summed E-state index contributed by atoms with van der Waals surface area (Å²) in [5.74, 6) is 1.08. The molecule has 2 saturated heterocycles. The van der Waals surface area contributed by atoms with Crippen molar-refractivity contribution in [1.29, 1.82) is 0 Å². The summed E-state index contributed by atoms with van der Waals surface area (Å²) in [7, 11) is 0. The van der Waals surface area contributed by atoms with Crippen molar-refractivity contribution in [2.24, 2.45) is 0 Å². The predicted molar refractivity (Wildman–Crippen MR) is 114 cm³/mol. The number of fused-ring (bicyclic) bond motifs is 1. The maximum Gasteiger partial charge on any atom is 0.253 e. The number of benzene rings is 2. The molecule has 4 nitrogen and oxygen atoms in total. The van der Waals surface area contributed by atoms with Gasteiger partial charge in [-0.25, -0.2) is 0 Å². The number of likely N-dealkylation sites (tertiary alicyclic amines) is 2. The molecule has 2 aliphatic heterocycles. The van der Waals surface area contributed by atoms with Crippen LogP contribution in [0.25, 0.3) is 10.8 Å². The van der Waals surface area contributed by atoms with Crippen LogP contribution in [0.1, 0.15) is 55.3 Å². The van der Waals surface area contributed by atoms with Gasteiger partial charge in [0, 0.05) is 25.2 Å². The van der Waals surface area contributed by atoms with Crippen LogP contribution >= 0.6 is 0 Å². The molecule has 0 bridgehead atoms. The van der Waals surface area contributed by atoms with Crippen LogP contribution in [0.4, 0.5) is 0 Å². The lowest BCUT2D eigenvalue weighted by Gasteiger charge is -2.26. The standard InChI is InChI=1S/C24H32N2O2/c27-24(26-15-5-2-6-16-26)22-9-8-21-19-23(11-10-20(21)18-22)28-17-7-14-25-12-3-1-4-13-25/h8-11,18-19H,1-7,12-17H2. The first kappa shape index (κ1) is 19.3. The van der Waals surface area contributed by atoms with Gasteiger partial charge in [-0.3, -0.25) is 4.79 Å². The zero-order chi connectivity index (χ0) is 19.2. The van der Waals surface area contributed by atoms with Crippen LogP contribution in [0.3, 0.4) is 0 Å². The van der Waals surface area contributed by atoms with Gasteiger partial charge in [-0.2, -0.15) is 0 Å². The van der Waals surface area contributed by atoms with E-state index in [1.807, 2.05) is 29.2 Å². The van der Waals surface area contributed by atoms with E-state index in [4.69, 9.17) is 4.74 Å². The maximum absolute atomic E-state index is 12.7. The highest BCUT2D eigenvalue weighted by Crippen LogP contribution is 2.23. The summed E-state index contributed by atoms with van der Waals surface area (Å²) in [6.07, 6.45) is 8.62. The third kappa shape index (κ3) is 4.85. The first-order valence-corrected chi connectivity index (χ1v) is 11.0. The van der Waals surface area contributed by atoms with Gasteiger partial charge in [0.2, 0.25) is 0 Å². The number of amides is 1. The summed E-state index contributed by atoms with van der Waals surface area (Å²) in [5, 5.41) is 2.23. The molecule has 0 saturated carbocycles. The Kier molecular flexibility index (Phi) is 6.48. The summed E-state index contributed by atoms with van der Waals surface area (Å²) in [4.78, 5) is 17.3. The quantitative estimate of drug-likeness (QED) is 0.680. The summed E-state index contributed by atoms with van der Waals surface area (Å²) in [6, 6.07) is 12.2. The van der Waals surface area contributed by atoms with Crippen LogP contribution in [-0.2, 0) is 0 Å². The highest BCUT2D eigenvalue weighted by molar-refractivity contribution is 5.98. The lowest BCUT2D eigenvalue weighted by Crippen LogP contribution is -2.35. The molecule has 0 aliphatic carbocycles. The van der Waals surface area contributed by atoms with E-state index in [0.29, 0.717) is 0 Å². The number of nitrogens with zero attached hydrogens (tertiary/aromatic N) is 2. The van der Waals surface area contributed by atoms with E-state index in [2.05, 4.69) is 17.0 Å². The summed E-state index contributed by atoms with van der Waals surface area (Å²) < 4.78 is 5.98. The van der Waals surface area contributed by atoms with Gasteiger partial charge < -0.3 is 14.5 Å². The van der Waals surface area contributed by atoms with Gasteiger partial charge >= 0.3 is 0 Å². The van der Waals surface area contributed by atoms with E-state index >= 15 is 0 Å². The highest BCUT2D eigenvalue weighted by Gasteiger charge is 2.18. The Morgan fingerprint density at radius 1 is 0.821 bits per heavy atom. The summed E-state index contributed by atoms with van der Waals surface area (Å²) >= 11 is 0. The molecular weight excluding hydrogens is 348 g/mol. The van der Waals surface area contributed by atoms with Crippen molar-refractivity contribution < 1.29 is 9.53 Å².